The van der Waals surface area contributed by atoms with Crippen LogP contribution in [0.5, 0.6) is 0 Å². The number of unbranched alkanes of at least 4 members (excludes halogenated alkanes) is 1. The second kappa shape index (κ2) is 7.87. The molecule has 0 aliphatic heterocycles. The molecule has 0 saturated carbocycles. The summed E-state index contributed by atoms with van der Waals surface area (Å²) in [4.78, 5) is 21.3. The SMILES string of the molecule is CCCCS(=O)(=O)NC(=O)c1ccc2nc(C)n(Cc3ccccn3)c2c1. The minimum atomic E-state index is -3.63. The minimum Gasteiger partial charge on any atom is -0.322 e. The maximum atomic E-state index is 12.4. The number of imidazole rings is 1. The van der Waals surface area contributed by atoms with Gasteiger partial charge in [0.15, 0.2) is 0 Å². The number of nitrogens with zero attached hydrogens (tertiary/aromatic N) is 3. The first-order chi connectivity index (χ1) is 12.9. The Balaban J connectivity index is 1.90. The van der Waals surface area contributed by atoms with E-state index >= 15 is 0 Å². The number of pyridine rings is 1. The molecule has 142 valence electrons. The molecule has 0 unspecified atom stereocenters. The third-order valence-electron chi connectivity index (χ3n) is 4.26. The third-order valence-corrected chi connectivity index (χ3v) is 5.58. The molecule has 7 nitrogen and oxygen atoms in total. The van der Waals surface area contributed by atoms with Crippen LogP contribution in [0, 0.1) is 6.92 Å². The van der Waals surface area contributed by atoms with E-state index in [1.165, 1.54) is 0 Å². The molecule has 0 bridgehead atoms. The standard InChI is InChI=1S/C19H22N4O3S/c1-3-4-11-27(25,26)22-19(24)15-8-9-17-18(12-15)23(14(2)21-17)13-16-7-5-6-10-20-16/h5-10,12H,3-4,11,13H2,1-2H3,(H,22,24). The highest BCUT2D eigenvalue weighted by Crippen LogP contribution is 2.19. The fourth-order valence-corrected chi connectivity index (χ4v) is 3.99. The summed E-state index contributed by atoms with van der Waals surface area (Å²) in [6.45, 7) is 4.30. The van der Waals surface area contributed by atoms with Crippen molar-refractivity contribution in [2.24, 2.45) is 0 Å². The maximum Gasteiger partial charge on any atom is 0.264 e. The van der Waals surface area contributed by atoms with Crippen LogP contribution in [0.3, 0.4) is 0 Å². The molecule has 0 radical (unpaired) electrons. The number of benzene rings is 1. The number of aromatic nitrogens is 3. The minimum absolute atomic E-state index is 0.0613. The molecule has 3 rings (SSSR count). The molecule has 2 heterocycles. The van der Waals surface area contributed by atoms with Crippen LogP contribution < -0.4 is 4.72 Å². The molecule has 0 spiro atoms. The molecule has 0 aliphatic rings. The van der Waals surface area contributed by atoms with Crippen molar-refractivity contribution in [3.8, 4) is 0 Å². The Morgan fingerprint density at radius 1 is 1.22 bits per heavy atom. The van der Waals surface area contributed by atoms with Crippen LogP contribution in [0.4, 0.5) is 0 Å². The molecule has 2 aromatic heterocycles. The second-order valence-electron chi connectivity index (χ2n) is 6.37. The van der Waals surface area contributed by atoms with Crippen molar-refractivity contribution < 1.29 is 13.2 Å². The number of carbonyl (C=O) groups is 1. The number of amides is 1. The average Bonchev–Trinajstić information content (AvgIpc) is 2.95. The predicted octanol–water partition coefficient (Wildman–Crippen LogP) is 2.65. The van der Waals surface area contributed by atoms with E-state index in [0.29, 0.717) is 13.0 Å². The quantitative estimate of drug-likeness (QED) is 0.674. The fraction of sp³-hybridized carbons (Fsp3) is 0.316. The van der Waals surface area contributed by atoms with Crippen molar-refractivity contribution in [1.82, 2.24) is 19.3 Å². The van der Waals surface area contributed by atoms with Gasteiger partial charge in [0, 0.05) is 11.8 Å². The Hall–Kier alpha value is -2.74. The van der Waals surface area contributed by atoms with E-state index < -0.39 is 15.9 Å². The number of carbonyl (C=O) groups excluding carboxylic acids is 1. The zero-order valence-electron chi connectivity index (χ0n) is 15.3. The van der Waals surface area contributed by atoms with Gasteiger partial charge < -0.3 is 4.57 Å². The van der Waals surface area contributed by atoms with Gasteiger partial charge in [-0.15, -0.1) is 0 Å². The Kier molecular flexibility index (Phi) is 5.55. The first-order valence-corrected chi connectivity index (χ1v) is 10.5. The van der Waals surface area contributed by atoms with E-state index in [4.69, 9.17) is 0 Å². The van der Waals surface area contributed by atoms with Gasteiger partial charge in [0.2, 0.25) is 10.0 Å². The van der Waals surface area contributed by atoms with E-state index in [1.54, 1.807) is 24.4 Å². The molecule has 1 N–H and O–H groups in total. The van der Waals surface area contributed by atoms with Crippen LogP contribution in [0.25, 0.3) is 11.0 Å². The lowest BCUT2D eigenvalue weighted by atomic mass is 10.2. The van der Waals surface area contributed by atoms with Gasteiger partial charge in [0.25, 0.3) is 5.91 Å². The summed E-state index contributed by atoms with van der Waals surface area (Å²) in [5, 5.41) is 0. The molecule has 0 aliphatic carbocycles. The van der Waals surface area contributed by atoms with Gasteiger partial charge in [0.05, 0.1) is 29.0 Å². The Morgan fingerprint density at radius 2 is 2.04 bits per heavy atom. The van der Waals surface area contributed by atoms with Crippen molar-refractivity contribution in [3.63, 3.8) is 0 Å². The van der Waals surface area contributed by atoms with Crippen LogP contribution in [-0.4, -0.2) is 34.6 Å². The zero-order chi connectivity index (χ0) is 19.4. The van der Waals surface area contributed by atoms with Gasteiger partial charge in [-0.25, -0.2) is 18.1 Å². The molecule has 8 heteroatoms. The Bertz CT molecular complexity index is 1060. The summed E-state index contributed by atoms with van der Waals surface area (Å²) in [6.07, 6.45) is 2.98. The van der Waals surface area contributed by atoms with Crippen molar-refractivity contribution in [3.05, 3.63) is 59.7 Å². The highest BCUT2D eigenvalue weighted by Gasteiger charge is 2.17. The number of hydrogen-bond acceptors (Lipinski definition) is 5. The first kappa shape index (κ1) is 19.0. The van der Waals surface area contributed by atoms with Crippen LogP contribution in [0.15, 0.2) is 42.6 Å². The van der Waals surface area contributed by atoms with E-state index in [9.17, 15) is 13.2 Å². The third kappa shape index (κ3) is 4.51. The molecular formula is C19H22N4O3S. The van der Waals surface area contributed by atoms with Gasteiger partial charge in [-0.3, -0.25) is 9.78 Å². The van der Waals surface area contributed by atoms with Crippen molar-refractivity contribution >= 4 is 27.0 Å². The van der Waals surface area contributed by atoms with Crippen LogP contribution in [0.1, 0.15) is 41.6 Å². The number of sulfonamides is 1. The molecule has 1 amide bonds. The largest absolute Gasteiger partial charge is 0.322 e. The summed E-state index contributed by atoms with van der Waals surface area (Å²) in [7, 11) is -3.63. The number of nitrogens with one attached hydrogen (secondary N) is 1. The lowest BCUT2D eigenvalue weighted by molar-refractivity contribution is 0.0981. The van der Waals surface area contributed by atoms with Crippen molar-refractivity contribution in [2.75, 3.05) is 5.75 Å². The van der Waals surface area contributed by atoms with Gasteiger partial charge >= 0.3 is 0 Å². The summed E-state index contributed by atoms with van der Waals surface area (Å²) in [6, 6.07) is 10.7. The summed E-state index contributed by atoms with van der Waals surface area (Å²) < 4.78 is 28.1. The number of hydrogen-bond donors (Lipinski definition) is 1. The lowest BCUT2D eigenvalue weighted by Gasteiger charge is -2.08. The summed E-state index contributed by atoms with van der Waals surface area (Å²) >= 11 is 0. The van der Waals surface area contributed by atoms with Crippen molar-refractivity contribution in [1.29, 1.82) is 0 Å². The first-order valence-electron chi connectivity index (χ1n) is 8.81. The highest BCUT2D eigenvalue weighted by molar-refractivity contribution is 7.90. The monoisotopic (exact) mass is 386 g/mol. The number of aryl methyl sites for hydroxylation is 1. The Labute approximate surface area is 158 Å². The van der Waals surface area contributed by atoms with E-state index in [0.717, 1.165) is 29.0 Å². The van der Waals surface area contributed by atoms with Gasteiger partial charge in [-0.05, 0) is 43.7 Å². The van der Waals surface area contributed by atoms with E-state index in [2.05, 4.69) is 14.7 Å². The summed E-state index contributed by atoms with van der Waals surface area (Å²) in [5.41, 5.74) is 2.66. The van der Waals surface area contributed by atoms with E-state index in [-0.39, 0.29) is 11.3 Å². The highest BCUT2D eigenvalue weighted by atomic mass is 32.2. The van der Waals surface area contributed by atoms with Crippen LogP contribution in [0.2, 0.25) is 0 Å². The molecular weight excluding hydrogens is 364 g/mol. The second-order valence-corrected chi connectivity index (χ2v) is 8.22. The van der Waals surface area contributed by atoms with E-state index in [1.807, 2.05) is 36.6 Å². The van der Waals surface area contributed by atoms with Crippen molar-refractivity contribution in [2.45, 2.75) is 33.2 Å². The molecule has 27 heavy (non-hydrogen) atoms. The van der Waals surface area contributed by atoms with Gasteiger partial charge in [0.1, 0.15) is 5.82 Å². The normalized spacial score (nSPS) is 11.6. The number of rotatable bonds is 7. The molecule has 0 fully saturated rings. The van der Waals surface area contributed by atoms with Crippen LogP contribution in [-0.2, 0) is 16.6 Å². The van der Waals surface area contributed by atoms with Gasteiger partial charge in [-0.2, -0.15) is 0 Å². The zero-order valence-corrected chi connectivity index (χ0v) is 16.2. The molecule has 3 aromatic rings. The summed E-state index contributed by atoms with van der Waals surface area (Å²) in [5.74, 6) is 0.105. The predicted molar refractivity (Wildman–Crippen MR) is 104 cm³/mol. The maximum absolute atomic E-state index is 12.4. The lowest BCUT2D eigenvalue weighted by Crippen LogP contribution is -2.32. The number of fused-ring (bicyclic) bond motifs is 1. The molecule has 0 saturated heterocycles. The topological polar surface area (TPSA) is 94.0 Å². The fourth-order valence-electron chi connectivity index (χ4n) is 2.82. The smallest absolute Gasteiger partial charge is 0.264 e. The Morgan fingerprint density at radius 3 is 2.74 bits per heavy atom. The van der Waals surface area contributed by atoms with Gasteiger partial charge in [-0.1, -0.05) is 19.4 Å². The van der Waals surface area contributed by atoms with Crippen LogP contribution >= 0.6 is 0 Å². The average molecular weight is 386 g/mol. The molecule has 0 atom stereocenters. The molecule has 1 aromatic carbocycles.